The van der Waals surface area contributed by atoms with Gasteiger partial charge in [-0.05, 0) is 12.5 Å². The molecule has 0 saturated heterocycles. The van der Waals surface area contributed by atoms with Gasteiger partial charge in [-0.2, -0.15) is 0 Å². The fraction of sp³-hybridized carbons (Fsp3) is 0.600. The van der Waals surface area contributed by atoms with E-state index in [1.54, 1.807) is 0 Å². The molecule has 1 aliphatic rings. The van der Waals surface area contributed by atoms with Gasteiger partial charge in [0.05, 0.1) is 12.8 Å². The molecule has 0 amide bonds. The summed E-state index contributed by atoms with van der Waals surface area (Å²) in [6.07, 6.45) is 7.59. The van der Waals surface area contributed by atoms with E-state index in [9.17, 15) is 4.57 Å². The van der Waals surface area contributed by atoms with Gasteiger partial charge in [0.1, 0.15) is 5.75 Å². The van der Waals surface area contributed by atoms with Gasteiger partial charge in [-0.1, -0.05) is 57.2 Å². The molecule has 19 heavy (non-hydrogen) atoms. The number of para-hydroxylation sites is 1. The van der Waals surface area contributed by atoms with Gasteiger partial charge in [0.2, 0.25) is 0 Å². The SMILES string of the molecule is CCCCCCCC[P@]1(=O)OCc2ccccc2O1. The second kappa shape index (κ2) is 7.12. The molecule has 0 aromatic heterocycles. The van der Waals surface area contributed by atoms with Gasteiger partial charge in [0, 0.05) is 5.56 Å². The second-order valence-electron chi connectivity index (χ2n) is 5.07. The van der Waals surface area contributed by atoms with Gasteiger partial charge >= 0.3 is 7.60 Å². The van der Waals surface area contributed by atoms with Crippen LogP contribution in [-0.2, 0) is 15.7 Å². The minimum Gasteiger partial charge on any atom is -0.424 e. The van der Waals surface area contributed by atoms with Gasteiger partial charge in [-0.15, -0.1) is 0 Å². The first kappa shape index (κ1) is 14.6. The van der Waals surface area contributed by atoms with Crippen LogP contribution in [0, 0.1) is 0 Å². The lowest BCUT2D eigenvalue weighted by Crippen LogP contribution is -2.09. The Morgan fingerprint density at radius 3 is 2.68 bits per heavy atom. The minimum absolute atomic E-state index is 0.406. The van der Waals surface area contributed by atoms with E-state index in [4.69, 9.17) is 9.05 Å². The summed E-state index contributed by atoms with van der Waals surface area (Å²) >= 11 is 0. The van der Waals surface area contributed by atoms with Crippen molar-refractivity contribution >= 4 is 7.60 Å². The molecule has 106 valence electrons. The number of hydrogen-bond donors (Lipinski definition) is 0. The number of benzene rings is 1. The van der Waals surface area contributed by atoms with E-state index in [1.807, 2.05) is 24.3 Å². The van der Waals surface area contributed by atoms with Gasteiger partial charge in [0.25, 0.3) is 0 Å². The molecule has 1 aromatic carbocycles. The normalized spacial score (nSPS) is 21.7. The van der Waals surface area contributed by atoms with Crippen LogP contribution in [0.2, 0.25) is 0 Å². The number of unbranched alkanes of at least 4 members (excludes halogenated alkanes) is 5. The van der Waals surface area contributed by atoms with E-state index in [2.05, 4.69) is 6.92 Å². The van der Waals surface area contributed by atoms with Crippen LogP contribution in [0.5, 0.6) is 5.75 Å². The maximum Gasteiger partial charge on any atom is 0.379 e. The Kier molecular flexibility index (Phi) is 5.47. The molecule has 0 radical (unpaired) electrons. The third kappa shape index (κ3) is 4.36. The monoisotopic (exact) mass is 282 g/mol. The molecule has 0 spiro atoms. The lowest BCUT2D eigenvalue weighted by atomic mass is 10.1. The van der Waals surface area contributed by atoms with E-state index in [0.717, 1.165) is 24.2 Å². The highest BCUT2D eigenvalue weighted by atomic mass is 31.2. The average molecular weight is 282 g/mol. The molecular weight excluding hydrogens is 259 g/mol. The second-order valence-corrected chi connectivity index (χ2v) is 7.18. The topological polar surface area (TPSA) is 35.5 Å². The van der Waals surface area contributed by atoms with Crippen molar-refractivity contribution in [2.45, 2.75) is 52.1 Å². The van der Waals surface area contributed by atoms with Gasteiger partial charge in [0.15, 0.2) is 0 Å². The highest BCUT2D eigenvalue weighted by Crippen LogP contribution is 2.53. The van der Waals surface area contributed by atoms with Crippen molar-refractivity contribution in [1.82, 2.24) is 0 Å². The quantitative estimate of drug-likeness (QED) is 0.512. The zero-order chi connectivity index (χ0) is 13.6. The molecule has 0 saturated carbocycles. The number of rotatable bonds is 7. The standard InChI is InChI=1S/C15H23O3P/c1-2-3-4-5-6-9-12-19(16)17-13-14-10-7-8-11-15(14)18-19/h7-8,10-11H,2-6,9,12-13H2,1H3/t19-/m0/s1. The van der Waals surface area contributed by atoms with Crippen LogP contribution in [0.3, 0.4) is 0 Å². The first-order chi connectivity index (χ1) is 9.23. The Morgan fingerprint density at radius 1 is 1.11 bits per heavy atom. The third-order valence-electron chi connectivity index (χ3n) is 3.41. The fourth-order valence-corrected chi connectivity index (χ4v) is 3.95. The van der Waals surface area contributed by atoms with Crippen molar-refractivity contribution in [3.63, 3.8) is 0 Å². The lowest BCUT2D eigenvalue weighted by Gasteiger charge is -2.25. The van der Waals surface area contributed by atoms with Crippen LogP contribution in [0.15, 0.2) is 24.3 Å². The van der Waals surface area contributed by atoms with E-state index in [0.29, 0.717) is 12.8 Å². The summed E-state index contributed by atoms with van der Waals surface area (Å²) < 4.78 is 23.5. The van der Waals surface area contributed by atoms with Crippen LogP contribution in [0.4, 0.5) is 0 Å². The Bertz CT molecular complexity index is 445. The largest absolute Gasteiger partial charge is 0.424 e. The molecule has 4 heteroatoms. The summed E-state index contributed by atoms with van der Waals surface area (Å²) in [5, 5.41) is 0. The zero-order valence-electron chi connectivity index (χ0n) is 11.6. The van der Waals surface area contributed by atoms with Crippen molar-refractivity contribution in [1.29, 1.82) is 0 Å². The summed E-state index contributed by atoms with van der Waals surface area (Å²) in [4.78, 5) is 0. The summed E-state index contributed by atoms with van der Waals surface area (Å²) in [5.41, 5.74) is 0.983. The predicted octanol–water partition coefficient (Wildman–Crippen LogP) is 5.15. The van der Waals surface area contributed by atoms with Crippen molar-refractivity contribution < 1.29 is 13.6 Å². The van der Waals surface area contributed by atoms with Crippen LogP contribution in [0.1, 0.15) is 51.0 Å². The smallest absolute Gasteiger partial charge is 0.379 e. The maximum absolute atomic E-state index is 12.4. The Morgan fingerprint density at radius 2 is 1.84 bits per heavy atom. The average Bonchev–Trinajstić information content (AvgIpc) is 2.42. The highest BCUT2D eigenvalue weighted by Gasteiger charge is 2.30. The molecule has 1 atom stereocenters. The van der Waals surface area contributed by atoms with Crippen molar-refractivity contribution in [2.75, 3.05) is 6.16 Å². The highest BCUT2D eigenvalue weighted by molar-refractivity contribution is 7.54. The summed E-state index contributed by atoms with van der Waals surface area (Å²) in [6, 6.07) is 7.66. The fourth-order valence-electron chi connectivity index (χ4n) is 2.25. The van der Waals surface area contributed by atoms with Crippen molar-refractivity contribution in [3.05, 3.63) is 29.8 Å². The van der Waals surface area contributed by atoms with E-state index < -0.39 is 7.60 Å². The molecule has 0 bridgehead atoms. The Balaban J connectivity index is 1.77. The molecule has 0 N–H and O–H groups in total. The third-order valence-corrected chi connectivity index (χ3v) is 5.27. The van der Waals surface area contributed by atoms with E-state index in [1.165, 1.54) is 25.7 Å². The molecule has 2 rings (SSSR count). The lowest BCUT2D eigenvalue weighted by molar-refractivity contribution is 0.231. The van der Waals surface area contributed by atoms with Crippen molar-refractivity contribution in [3.8, 4) is 5.75 Å². The zero-order valence-corrected chi connectivity index (χ0v) is 12.5. The number of fused-ring (bicyclic) bond motifs is 1. The molecule has 0 unspecified atom stereocenters. The minimum atomic E-state index is -2.90. The molecule has 0 aliphatic carbocycles. The first-order valence-electron chi connectivity index (χ1n) is 7.24. The number of hydrogen-bond acceptors (Lipinski definition) is 3. The van der Waals surface area contributed by atoms with Crippen molar-refractivity contribution in [2.24, 2.45) is 0 Å². The van der Waals surface area contributed by atoms with Crippen LogP contribution in [-0.4, -0.2) is 6.16 Å². The van der Waals surface area contributed by atoms with Gasteiger partial charge in [-0.3, -0.25) is 4.52 Å². The molecule has 1 aliphatic heterocycles. The summed E-state index contributed by atoms with van der Waals surface area (Å²) in [7, 11) is -2.90. The van der Waals surface area contributed by atoms with Crippen LogP contribution < -0.4 is 4.52 Å². The summed E-state index contributed by atoms with van der Waals surface area (Å²) in [5.74, 6) is 0.725. The predicted molar refractivity (Wildman–Crippen MR) is 77.7 cm³/mol. The molecule has 3 nitrogen and oxygen atoms in total. The molecular formula is C15H23O3P. The van der Waals surface area contributed by atoms with E-state index in [-0.39, 0.29) is 0 Å². The molecule has 1 heterocycles. The summed E-state index contributed by atoms with van der Waals surface area (Å²) in [6.45, 7) is 2.61. The van der Waals surface area contributed by atoms with E-state index >= 15 is 0 Å². The maximum atomic E-state index is 12.4. The Labute approximate surface area is 115 Å². The first-order valence-corrected chi connectivity index (χ1v) is 8.97. The van der Waals surface area contributed by atoms with Crippen LogP contribution >= 0.6 is 7.60 Å². The Hall–Kier alpha value is -0.790. The van der Waals surface area contributed by atoms with Gasteiger partial charge in [-0.25, -0.2) is 4.57 Å². The van der Waals surface area contributed by atoms with Crippen LogP contribution in [0.25, 0.3) is 0 Å². The molecule has 0 fully saturated rings. The molecule has 1 aromatic rings. The van der Waals surface area contributed by atoms with Gasteiger partial charge < -0.3 is 4.52 Å².